The van der Waals surface area contributed by atoms with Crippen LogP contribution in [-0.2, 0) is 0 Å². The topological polar surface area (TPSA) is 65.9 Å². The predicted molar refractivity (Wildman–Crippen MR) is 69.3 cm³/mol. The number of rotatable bonds is 2. The SMILES string of the molecule is O=C([O-])c1cc(-c2ccccn2)nc2ccccc12. The molecule has 2 aromatic heterocycles. The molecule has 1 aromatic carbocycles. The first kappa shape index (κ1) is 11.3. The van der Waals surface area contributed by atoms with E-state index in [1.165, 1.54) is 6.07 Å². The van der Waals surface area contributed by atoms with Crippen LogP contribution >= 0.6 is 0 Å². The van der Waals surface area contributed by atoms with Gasteiger partial charge in [-0.15, -0.1) is 0 Å². The molecule has 0 unspecified atom stereocenters. The minimum absolute atomic E-state index is 0.131. The summed E-state index contributed by atoms with van der Waals surface area (Å²) in [4.78, 5) is 19.9. The van der Waals surface area contributed by atoms with Crippen LogP contribution in [0.3, 0.4) is 0 Å². The number of carbonyl (C=O) groups excluding carboxylic acids is 1. The molecule has 0 amide bonds. The molecule has 0 spiro atoms. The Labute approximate surface area is 109 Å². The summed E-state index contributed by atoms with van der Waals surface area (Å²) in [6, 6.07) is 14.0. The molecular formula is C15H9N2O2-. The monoisotopic (exact) mass is 249 g/mol. The number of aromatic carboxylic acids is 1. The van der Waals surface area contributed by atoms with Gasteiger partial charge in [0.25, 0.3) is 0 Å². The maximum atomic E-state index is 11.2. The van der Waals surface area contributed by atoms with Crippen molar-refractivity contribution in [3.05, 3.63) is 60.3 Å². The van der Waals surface area contributed by atoms with Crippen LogP contribution in [0, 0.1) is 0 Å². The van der Waals surface area contributed by atoms with Crippen LogP contribution in [0.25, 0.3) is 22.3 Å². The third kappa shape index (κ3) is 2.04. The number of para-hydroxylation sites is 1. The summed E-state index contributed by atoms with van der Waals surface area (Å²) < 4.78 is 0. The van der Waals surface area contributed by atoms with Crippen molar-refractivity contribution in [1.82, 2.24) is 9.97 Å². The fraction of sp³-hybridized carbons (Fsp3) is 0. The highest BCUT2D eigenvalue weighted by molar-refractivity contribution is 6.02. The smallest absolute Gasteiger partial charge is 0.0900 e. The zero-order chi connectivity index (χ0) is 13.2. The molecule has 19 heavy (non-hydrogen) atoms. The quantitative estimate of drug-likeness (QED) is 0.692. The van der Waals surface area contributed by atoms with Crippen LogP contribution in [0.4, 0.5) is 0 Å². The molecule has 0 saturated heterocycles. The molecular weight excluding hydrogens is 240 g/mol. The van der Waals surface area contributed by atoms with Gasteiger partial charge in [0.05, 0.1) is 22.9 Å². The summed E-state index contributed by atoms with van der Waals surface area (Å²) in [7, 11) is 0. The highest BCUT2D eigenvalue weighted by Crippen LogP contribution is 2.23. The molecule has 4 nitrogen and oxygen atoms in total. The molecule has 0 atom stereocenters. The van der Waals surface area contributed by atoms with Gasteiger partial charge in [-0.3, -0.25) is 4.98 Å². The first-order valence-electron chi connectivity index (χ1n) is 5.78. The second-order valence-corrected chi connectivity index (χ2v) is 4.07. The number of benzene rings is 1. The van der Waals surface area contributed by atoms with E-state index < -0.39 is 5.97 Å². The Morgan fingerprint density at radius 2 is 1.79 bits per heavy atom. The van der Waals surface area contributed by atoms with Crippen LogP contribution in [0.1, 0.15) is 10.4 Å². The number of carboxylic acid groups (broad SMARTS) is 1. The van der Waals surface area contributed by atoms with E-state index in [0.717, 1.165) is 0 Å². The number of aromatic nitrogens is 2. The van der Waals surface area contributed by atoms with Gasteiger partial charge in [0.1, 0.15) is 0 Å². The fourth-order valence-corrected chi connectivity index (χ4v) is 1.99. The Morgan fingerprint density at radius 3 is 2.53 bits per heavy atom. The Hall–Kier alpha value is -2.75. The van der Waals surface area contributed by atoms with Crippen molar-refractivity contribution in [2.45, 2.75) is 0 Å². The lowest BCUT2D eigenvalue weighted by Gasteiger charge is -2.09. The summed E-state index contributed by atoms with van der Waals surface area (Å²) in [6.45, 7) is 0. The zero-order valence-electron chi connectivity index (χ0n) is 9.91. The van der Waals surface area contributed by atoms with Crippen molar-refractivity contribution < 1.29 is 9.90 Å². The molecule has 0 aliphatic heterocycles. The number of hydrogen-bond donors (Lipinski definition) is 0. The van der Waals surface area contributed by atoms with Gasteiger partial charge in [0, 0.05) is 17.1 Å². The third-order valence-corrected chi connectivity index (χ3v) is 2.86. The summed E-state index contributed by atoms with van der Waals surface area (Å²) in [5.74, 6) is -1.21. The normalized spacial score (nSPS) is 10.5. The third-order valence-electron chi connectivity index (χ3n) is 2.86. The van der Waals surface area contributed by atoms with E-state index in [-0.39, 0.29) is 5.56 Å². The van der Waals surface area contributed by atoms with Crippen molar-refractivity contribution >= 4 is 16.9 Å². The highest BCUT2D eigenvalue weighted by Gasteiger charge is 2.08. The first-order chi connectivity index (χ1) is 9.25. The highest BCUT2D eigenvalue weighted by atomic mass is 16.4. The summed E-state index contributed by atoms with van der Waals surface area (Å²) in [5, 5.41) is 11.8. The average Bonchev–Trinajstić information content (AvgIpc) is 2.47. The number of fused-ring (bicyclic) bond motifs is 1. The lowest BCUT2D eigenvalue weighted by Crippen LogP contribution is -2.22. The van der Waals surface area contributed by atoms with Gasteiger partial charge in [-0.2, -0.15) is 0 Å². The van der Waals surface area contributed by atoms with Crippen molar-refractivity contribution in [2.75, 3.05) is 0 Å². The first-order valence-corrected chi connectivity index (χ1v) is 5.78. The Morgan fingerprint density at radius 1 is 1.00 bits per heavy atom. The molecule has 3 aromatic rings. The van der Waals surface area contributed by atoms with Crippen LogP contribution < -0.4 is 5.11 Å². The minimum Gasteiger partial charge on any atom is -0.545 e. The minimum atomic E-state index is -1.21. The van der Waals surface area contributed by atoms with Gasteiger partial charge in [0.2, 0.25) is 0 Å². The number of pyridine rings is 2. The molecule has 2 heterocycles. The van der Waals surface area contributed by atoms with Gasteiger partial charge < -0.3 is 9.90 Å². The molecule has 0 saturated carbocycles. The van der Waals surface area contributed by atoms with Crippen LogP contribution in [0.5, 0.6) is 0 Å². The second kappa shape index (κ2) is 4.49. The van der Waals surface area contributed by atoms with Crippen LogP contribution in [-0.4, -0.2) is 15.9 Å². The van der Waals surface area contributed by atoms with Crippen molar-refractivity contribution in [1.29, 1.82) is 0 Å². The Kier molecular flexibility index (Phi) is 2.68. The standard InChI is InChI=1S/C15H10N2O2/c18-15(19)11-9-14(13-7-3-4-8-16-13)17-12-6-2-1-5-10(11)12/h1-9H,(H,18,19)/p-1. The summed E-state index contributed by atoms with van der Waals surface area (Å²) in [5.41, 5.74) is 1.91. The maximum Gasteiger partial charge on any atom is 0.0900 e. The van der Waals surface area contributed by atoms with E-state index in [2.05, 4.69) is 9.97 Å². The van der Waals surface area contributed by atoms with Crippen molar-refractivity contribution in [3.8, 4) is 11.4 Å². The average molecular weight is 249 g/mol. The molecule has 0 radical (unpaired) electrons. The maximum absolute atomic E-state index is 11.2. The second-order valence-electron chi connectivity index (χ2n) is 4.07. The number of hydrogen-bond acceptors (Lipinski definition) is 4. The Balaban J connectivity index is 2.31. The van der Waals surface area contributed by atoms with Gasteiger partial charge in [0.15, 0.2) is 0 Å². The number of nitrogens with zero attached hydrogens (tertiary/aromatic N) is 2. The number of carbonyl (C=O) groups is 1. The van der Waals surface area contributed by atoms with E-state index in [1.807, 2.05) is 12.1 Å². The summed E-state index contributed by atoms with van der Waals surface area (Å²) in [6.07, 6.45) is 1.64. The van der Waals surface area contributed by atoms with Crippen molar-refractivity contribution in [3.63, 3.8) is 0 Å². The molecule has 0 aliphatic carbocycles. The summed E-state index contributed by atoms with van der Waals surface area (Å²) >= 11 is 0. The molecule has 0 N–H and O–H groups in total. The molecule has 0 fully saturated rings. The van der Waals surface area contributed by atoms with E-state index in [0.29, 0.717) is 22.3 Å². The molecule has 3 rings (SSSR count). The molecule has 0 aliphatic rings. The molecule has 4 heteroatoms. The fourth-order valence-electron chi connectivity index (χ4n) is 1.99. The van der Waals surface area contributed by atoms with Gasteiger partial charge in [-0.1, -0.05) is 24.3 Å². The van der Waals surface area contributed by atoms with Crippen molar-refractivity contribution in [2.24, 2.45) is 0 Å². The van der Waals surface area contributed by atoms with E-state index >= 15 is 0 Å². The van der Waals surface area contributed by atoms with E-state index in [1.54, 1.807) is 36.5 Å². The predicted octanol–water partition coefficient (Wildman–Crippen LogP) is 1.66. The zero-order valence-corrected chi connectivity index (χ0v) is 9.91. The van der Waals surface area contributed by atoms with Gasteiger partial charge in [-0.25, -0.2) is 4.98 Å². The van der Waals surface area contributed by atoms with Crippen LogP contribution in [0.2, 0.25) is 0 Å². The van der Waals surface area contributed by atoms with E-state index in [9.17, 15) is 9.90 Å². The lowest BCUT2D eigenvalue weighted by molar-refractivity contribution is -0.254. The van der Waals surface area contributed by atoms with E-state index in [4.69, 9.17) is 0 Å². The molecule has 0 bridgehead atoms. The van der Waals surface area contributed by atoms with Gasteiger partial charge in [-0.05, 0) is 24.3 Å². The Bertz CT molecular complexity index is 754. The largest absolute Gasteiger partial charge is 0.545 e. The van der Waals surface area contributed by atoms with Crippen LogP contribution in [0.15, 0.2) is 54.7 Å². The molecule has 92 valence electrons. The number of carboxylic acids is 1. The van der Waals surface area contributed by atoms with Gasteiger partial charge >= 0.3 is 0 Å². The lowest BCUT2D eigenvalue weighted by atomic mass is 10.1.